The summed E-state index contributed by atoms with van der Waals surface area (Å²) in [5.41, 5.74) is 5.67. The maximum atomic E-state index is 13.3. The molecule has 7 heteroatoms. The normalized spacial score (nSPS) is 13.4. The van der Waals surface area contributed by atoms with Gasteiger partial charge in [-0.1, -0.05) is 48.5 Å². The second kappa shape index (κ2) is 10.6. The molecule has 0 bridgehead atoms. The van der Waals surface area contributed by atoms with E-state index in [2.05, 4.69) is 27.3 Å². The quantitative estimate of drug-likeness (QED) is 0.421. The molecule has 0 radical (unpaired) electrons. The van der Waals surface area contributed by atoms with Crippen molar-refractivity contribution in [2.75, 3.05) is 6.54 Å². The van der Waals surface area contributed by atoms with E-state index in [1.54, 1.807) is 6.20 Å². The molecule has 0 atom stereocenters. The molecule has 1 N–H and O–H groups in total. The summed E-state index contributed by atoms with van der Waals surface area (Å²) in [6.07, 6.45) is 3.38. The average Bonchev–Trinajstić information content (AvgIpc) is 3.26. The number of nitrogens with one attached hydrogen (secondary N) is 1. The predicted molar refractivity (Wildman–Crippen MR) is 132 cm³/mol. The zero-order chi connectivity index (χ0) is 24.0. The summed E-state index contributed by atoms with van der Waals surface area (Å²) in [6, 6.07) is 22.6. The van der Waals surface area contributed by atoms with Gasteiger partial charge in [0.25, 0.3) is 5.91 Å². The first-order chi connectivity index (χ1) is 17.2. The van der Waals surface area contributed by atoms with Gasteiger partial charge in [-0.2, -0.15) is 5.10 Å². The van der Waals surface area contributed by atoms with Crippen molar-refractivity contribution in [3.05, 3.63) is 119 Å². The van der Waals surface area contributed by atoms with Crippen LogP contribution >= 0.6 is 0 Å². The van der Waals surface area contributed by atoms with E-state index in [-0.39, 0.29) is 11.7 Å². The molecular formula is C28H28FN5O. The summed E-state index contributed by atoms with van der Waals surface area (Å²) in [6.45, 7) is 3.26. The molecule has 4 aromatic rings. The molecule has 0 unspecified atom stereocenters. The van der Waals surface area contributed by atoms with Gasteiger partial charge in [0.15, 0.2) is 5.69 Å². The number of amides is 1. The summed E-state index contributed by atoms with van der Waals surface area (Å²) in [7, 11) is 0. The molecule has 0 aliphatic carbocycles. The topological polar surface area (TPSA) is 63.1 Å². The van der Waals surface area contributed by atoms with E-state index in [1.807, 2.05) is 53.2 Å². The lowest BCUT2D eigenvalue weighted by Gasteiger charge is -2.27. The first-order valence-electron chi connectivity index (χ1n) is 11.9. The SMILES string of the molecule is O=C(NCc1ccccn1)c1nn(CCc2ccccc2)c2c1CN(Cc1ccc(F)cc1)CC2. The van der Waals surface area contributed by atoms with Crippen molar-refractivity contribution in [2.24, 2.45) is 0 Å². The Balaban J connectivity index is 1.36. The Morgan fingerprint density at radius 1 is 0.971 bits per heavy atom. The van der Waals surface area contributed by atoms with Crippen LogP contribution in [0, 0.1) is 5.82 Å². The van der Waals surface area contributed by atoms with E-state index < -0.39 is 0 Å². The molecule has 2 aromatic heterocycles. The minimum absolute atomic E-state index is 0.186. The van der Waals surface area contributed by atoms with E-state index in [9.17, 15) is 9.18 Å². The number of carbonyl (C=O) groups excluding carboxylic acids is 1. The third-order valence-corrected chi connectivity index (χ3v) is 6.36. The molecule has 0 saturated carbocycles. The number of carbonyl (C=O) groups is 1. The summed E-state index contributed by atoms with van der Waals surface area (Å²) < 4.78 is 15.3. The van der Waals surface area contributed by atoms with Crippen molar-refractivity contribution < 1.29 is 9.18 Å². The highest BCUT2D eigenvalue weighted by Gasteiger charge is 2.28. The molecule has 1 amide bonds. The minimum Gasteiger partial charge on any atom is -0.345 e. The first kappa shape index (κ1) is 22.9. The third-order valence-electron chi connectivity index (χ3n) is 6.36. The molecule has 0 fully saturated rings. The lowest BCUT2D eigenvalue weighted by Crippen LogP contribution is -2.32. The number of aromatic nitrogens is 3. The van der Waals surface area contributed by atoms with E-state index in [0.717, 1.165) is 48.4 Å². The number of pyridine rings is 1. The zero-order valence-electron chi connectivity index (χ0n) is 19.5. The summed E-state index contributed by atoms with van der Waals surface area (Å²) in [5.74, 6) is -0.421. The maximum Gasteiger partial charge on any atom is 0.272 e. The predicted octanol–water partition coefficient (Wildman–Crippen LogP) is 4.15. The Hall–Kier alpha value is -3.84. The van der Waals surface area contributed by atoms with Crippen LogP contribution in [0.2, 0.25) is 0 Å². The summed E-state index contributed by atoms with van der Waals surface area (Å²) >= 11 is 0. The van der Waals surface area contributed by atoms with Gasteiger partial charge in [-0.3, -0.25) is 19.4 Å². The fourth-order valence-corrected chi connectivity index (χ4v) is 4.53. The molecule has 2 aromatic carbocycles. The van der Waals surface area contributed by atoms with Crippen LogP contribution in [0.5, 0.6) is 0 Å². The molecule has 1 aliphatic rings. The molecule has 0 saturated heterocycles. The molecule has 178 valence electrons. The van der Waals surface area contributed by atoms with E-state index in [0.29, 0.717) is 25.3 Å². The van der Waals surface area contributed by atoms with E-state index in [4.69, 9.17) is 5.10 Å². The molecular weight excluding hydrogens is 441 g/mol. The van der Waals surface area contributed by atoms with Gasteiger partial charge in [0.2, 0.25) is 0 Å². The van der Waals surface area contributed by atoms with Gasteiger partial charge in [0.1, 0.15) is 5.82 Å². The van der Waals surface area contributed by atoms with Crippen LogP contribution in [-0.4, -0.2) is 32.1 Å². The van der Waals surface area contributed by atoms with Gasteiger partial charge >= 0.3 is 0 Å². The fraction of sp³-hybridized carbons (Fsp3) is 0.250. The van der Waals surface area contributed by atoms with E-state index in [1.165, 1.54) is 17.7 Å². The number of nitrogens with zero attached hydrogens (tertiary/aromatic N) is 4. The van der Waals surface area contributed by atoms with Crippen molar-refractivity contribution in [1.82, 2.24) is 25.0 Å². The lowest BCUT2D eigenvalue weighted by molar-refractivity contribution is 0.0942. The smallest absolute Gasteiger partial charge is 0.272 e. The Kier molecular flexibility index (Phi) is 6.95. The molecule has 5 rings (SSSR count). The molecule has 6 nitrogen and oxygen atoms in total. The largest absolute Gasteiger partial charge is 0.345 e. The van der Waals surface area contributed by atoms with E-state index >= 15 is 0 Å². The lowest BCUT2D eigenvalue weighted by atomic mass is 10.0. The molecule has 0 spiro atoms. The van der Waals surface area contributed by atoms with Crippen molar-refractivity contribution >= 4 is 5.91 Å². The summed E-state index contributed by atoms with van der Waals surface area (Å²) in [4.78, 5) is 19.8. The number of halogens is 1. The third kappa shape index (κ3) is 5.63. The molecule has 1 aliphatic heterocycles. The van der Waals surface area contributed by atoms with Gasteiger partial charge < -0.3 is 5.32 Å². The van der Waals surface area contributed by atoms with Crippen LogP contribution < -0.4 is 5.32 Å². The average molecular weight is 470 g/mol. The van der Waals surface area contributed by atoms with Crippen LogP contribution in [0.4, 0.5) is 4.39 Å². The Labute approximate surface area is 204 Å². The zero-order valence-corrected chi connectivity index (χ0v) is 19.5. The number of aryl methyl sites for hydroxylation is 2. The van der Waals surface area contributed by atoms with Crippen molar-refractivity contribution in [3.8, 4) is 0 Å². The van der Waals surface area contributed by atoms with Crippen molar-refractivity contribution in [2.45, 2.75) is 39.0 Å². The highest BCUT2D eigenvalue weighted by molar-refractivity contribution is 5.94. The highest BCUT2D eigenvalue weighted by atomic mass is 19.1. The Morgan fingerprint density at radius 3 is 2.54 bits per heavy atom. The van der Waals surface area contributed by atoms with Gasteiger partial charge in [-0.25, -0.2) is 4.39 Å². The first-order valence-corrected chi connectivity index (χ1v) is 11.9. The molecule has 3 heterocycles. The second-order valence-electron chi connectivity index (χ2n) is 8.82. The number of fused-ring (bicyclic) bond motifs is 1. The van der Waals surface area contributed by atoms with Crippen LogP contribution in [0.15, 0.2) is 79.0 Å². The number of rotatable bonds is 8. The van der Waals surface area contributed by atoms with Crippen LogP contribution in [0.3, 0.4) is 0 Å². The van der Waals surface area contributed by atoms with Gasteiger partial charge in [-0.15, -0.1) is 0 Å². The monoisotopic (exact) mass is 469 g/mol. The Bertz CT molecular complexity index is 1270. The van der Waals surface area contributed by atoms with Gasteiger partial charge in [0, 0.05) is 50.1 Å². The highest BCUT2D eigenvalue weighted by Crippen LogP contribution is 2.25. The Morgan fingerprint density at radius 2 is 1.77 bits per heavy atom. The standard InChI is InChI=1S/C28H28FN5O/c29-23-11-9-22(10-12-23)19-33-16-14-26-25(20-33)27(28(35)31-18-24-8-4-5-15-30-24)32-34(26)17-13-21-6-2-1-3-7-21/h1-12,15H,13-14,16-20H2,(H,31,35). The fourth-order valence-electron chi connectivity index (χ4n) is 4.53. The summed E-state index contributed by atoms with van der Waals surface area (Å²) in [5, 5.41) is 7.77. The maximum absolute atomic E-state index is 13.3. The number of hydrogen-bond acceptors (Lipinski definition) is 4. The van der Waals surface area contributed by atoms with Crippen LogP contribution in [0.1, 0.15) is 38.6 Å². The number of hydrogen-bond donors (Lipinski definition) is 1. The number of benzene rings is 2. The minimum atomic E-state index is -0.235. The second-order valence-corrected chi connectivity index (χ2v) is 8.82. The van der Waals surface area contributed by atoms with Crippen LogP contribution in [0.25, 0.3) is 0 Å². The van der Waals surface area contributed by atoms with Crippen LogP contribution in [-0.2, 0) is 39.0 Å². The van der Waals surface area contributed by atoms with Gasteiger partial charge in [0.05, 0.1) is 12.2 Å². The van der Waals surface area contributed by atoms with Gasteiger partial charge in [-0.05, 0) is 41.8 Å². The van der Waals surface area contributed by atoms with Crippen molar-refractivity contribution in [3.63, 3.8) is 0 Å². The van der Waals surface area contributed by atoms with Crippen molar-refractivity contribution in [1.29, 1.82) is 0 Å². The molecule has 35 heavy (non-hydrogen) atoms.